The molecule has 0 fully saturated rings. The van der Waals surface area contributed by atoms with Gasteiger partial charge in [-0.05, 0) is 57.8 Å². The Morgan fingerprint density at radius 1 is 0.380 bits per heavy atom. The Morgan fingerprint density at radius 3 is 1.00 bits per heavy atom. The van der Waals surface area contributed by atoms with Crippen molar-refractivity contribution in [2.24, 2.45) is 0 Å². The van der Waals surface area contributed by atoms with E-state index in [1.807, 2.05) is 6.08 Å². The van der Waals surface area contributed by atoms with Crippen molar-refractivity contribution < 1.29 is 24.5 Å². The molecule has 0 rings (SSSR count). The average Bonchev–Trinajstić information content (AvgIpc) is 3.37. The van der Waals surface area contributed by atoms with Crippen LogP contribution in [-0.4, -0.2) is 47.4 Å². The highest BCUT2D eigenvalue weighted by Crippen LogP contribution is 2.18. The van der Waals surface area contributed by atoms with Crippen LogP contribution in [0, 0.1) is 0 Å². The molecule has 1 amide bonds. The molecule has 71 heavy (non-hydrogen) atoms. The molecule has 6 heteroatoms. The number of nitrogens with one attached hydrogen (secondary N) is 1. The smallest absolute Gasteiger partial charge is 0.305 e. The average molecular weight is 1000 g/mol. The van der Waals surface area contributed by atoms with Gasteiger partial charge in [0.05, 0.1) is 25.4 Å². The van der Waals surface area contributed by atoms with E-state index in [4.69, 9.17) is 4.74 Å². The molecule has 0 aliphatic heterocycles. The lowest BCUT2D eigenvalue weighted by molar-refractivity contribution is -0.143. The molecule has 0 radical (unpaired) electrons. The Bertz CT molecular complexity index is 1110. The maximum absolute atomic E-state index is 12.5. The monoisotopic (exact) mass is 1000 g/mol. The van der Waals surface area contributed by atoms with E-state index in [-0.39, 0.29) is 18.5 Å². The number of rotatable bonds is 60. The summed E-state index contributed by atoms with van der Waals surface area (Å²) in [7, 11) is 0. The highest BCUT2D eigenvalue weighted by Gasteiger charge is 2.18. The Balaban J connectivity index is 3.46. The molecule has 6 nitrogen and oxygen atoms in total. The summed E-state index contributed by atoms with van der Waals surface area (Å²) in [6, 6.07) is -0.635. The number of esters is 1. The first-order chi connectivity index (χ1) is 35.0. The van der Waals surface area contributed by atoms with Crippen molar-refractivity contribution in [1.82, 2.24) is 5.32 Å². The SMILES string of the molecule is CCCCCCCCCCCCCCCCCCCCCC/C=C/C(O)C(CO)NC(=O)CCCCCCCCC/C=C\CCCCCCCCCCCOC(=O)CCCCCCCCCCCCCC. The van der Waals surface area contributed by atoms with E-state index in [1.165, 1.54) is 283 Å². The zero-order valence-electron chi connectivity index (χ0n) is 48.0. The highest BCUT2D eigenvalue weighted by atomic mass is 16.5. The molecule has 420 valence electrons. The topological polar surface area (TPSA) is 95.9 Å². The second-order valence-electron chi connectivity index (χ2n) is 22.1. The fourth-order valence-corrected chi connectivity index (χ4v) is 10.0. The van der Waals surface area contributed by atoms with Gasteiger partial charge < -0.3 is 20.3 Å². The Morgan fingerprint density at radius 2 is 0.662 bits per heavy atom. The van der Waals surface area contributed by atoms with Gasteiger partial charge in [0.15, 0.2) is 0 Å². The zero-order chi connectivity index (χ0) is 51.4. The van der Waals surface area contributed by atoms with Gasteiger partial charge in [-0.25, -0.2) is 0 Å². The molecule has 0 saturated carbocycles. The zero-order valence-corrected chi connectivity index (χ0v) is 48.0. The third-order valence-electron chi connectivity index (χ3n) is 15.0. The molecular weight excluding hydrogens is 875 g/mol. The number of amides is 1. The van der Waals surface area contributed by atoms with Crippen molar-refractivity contribution in [1.29, 1.82) is 0 Å². The summed E-state index contributed by atoms with van der Waals surface area (Å²) in [5, 5.41) is 23.2. The number of hydrogen-bond acceptors (Lipinski definition) is 5. The van der Waals surface area contributed by atoms with Crippen molar-refractivity contribution in [3.63, 3.8) is 0 Å². The minimum Gasteiger partial charge on any atom is -0.466 e. The van der Waals surface area contributed by atoms with Crippen LogP contribution in [0.3, 0.4) is 0 Å². The second kappa shape index (κ2) is 60.9. The summed E-state index contributed by atoms with van der Waals surface area (Å²) in [4.78, 5) is 24.5. The van der Waals surface area contributed by atoms with Crippen molar-refractivity contribution in [2.75, 3.05) is 13.2 Å². The quantitative estimate of drug-likeness (QED) is 0.0320. The Hall–Kier alpha value is -1.66. The second-order valence-corrected chi connectivity index (χ2v) is 22.1. The third-order valence-corrected chi connectivity index (χ3v) is 15.0. The molecule has 0 bridgehead atoms. The van der Waals surface area contributed by atoms with Crippen LogP contribution in [0.25, 0.3) is 0 Å². The first kappa shape index (κ1) is 69.3. The normalized spacial score (nSPS) is 12.7. The van der Waals surface area contributed by atoms with Crippen LogP contribution < -0.4 is 5.32 Å². The van der Waals surface area contributed by atoms with Crippen LogP contribution in [-0.2, 0) is 14.3 Å². The summed E-state index contributed by atoms with van der Waals surface area (Å²) in [5.41, 5.74) is 0. The number of aliphatic hydroxyl groups excluding tert-OH is 2. The Kier molecular flexibility index (Phi) is 59.5. The molecule has 0 aliphatic carbocycles. The van der Waals surface area contributed by atoms with Gasteiger partial charge in [-0.3, -0.25) is 9.59 Å². The Labute approximate surface area is 443 Å². The molecule has 2 unspecified atom stereocenters. The largest absolute Gasteiger partial charge is 0.466 e. The number of allylic oxidation sites excluding steroid dienone is 3. The van der Waals surface area contributed by atoms with Gasteiger partial charge in [0.25, 0.3) is 0 Å². The number of hydrogen-bond donors (Lipinski definition) is 3. The van der Waals surface area contributed by atoms with E-state index in [1.54, 1.807) is 6.08 Å². The van der Waals surface area contributed by atoms with E-state index in [2.05, 4.69) is 31.3 Å². The number of carbonyl (C=O) groups excluding carboxylic acids is 2. The molecule has 0 aliphatic rings. The van der Waals surface area contributed by atoms with Crippen LogP contribution in [0.15, 0.2) is 24.3 Å². The van der Waals surface area contributed by atoms with E-state index in [0.717, 1.165) is 44.9 Å². The molecule has 0 aromatic carbocycles. The number of unbranched alkanes of at least 4 members (excludes halogenated alkanes) is 47. The van der Waals surface area contributed by atoms with Gasteiger partial charge >= 0.3 is 5.97 Å². The van der Waals surface area contributed by atoms with Gasteiger partial charge in [-0.2, -0.15) is 0 Å². The third kappa shape index (κ3) is 57.5. The van der Waals surface area contributed by atoms with E-state index in [9.17, 15) is 19.8 Å². The maximum Gasteiger partial charge on any atom is 0.305 e. The lowest BCUT2D eigenvalue weighted by Gasteiger charge is -2.20. The molecule has 0 aromatic heterocycles. The lowest BCUT2D eigenvalue weighted by atomic mass is 10.0. The standard InChI is InChI=1S/C65H125NO5/c1-3-5-7-9-11-13-15-17-18-19-20-21-22-25-28-31-34-37-41-45-49-53-57-63(68)62(61-67)66-64(69)58-54-50-46-42-38-35-32-29-26-23-24-27-30-33-36-40-44-48-52-56-60-71-65(70)59-55-51-47-43-39-16-14-12-10-8-6-4-2/h23,26,53,57,62-63,67-68H,3-22,24-25,27-52,54-56,58-61H2,1-2H3,(H,66,69)/b26-23-,57-53+. The molecular formula is C65H125NO5. The van der Waals surface area contributed by atoms with Crippen LogP contribution in [0.2, 0.25) is 0 Å². The predicted molar refractivity (Wildman–Crippen MR) is 310 cm³/mol. The predicted octanol–water partition coefficient (Wildman–Crippen LogP) is 20.2. The van der Waals surface area contributed by atoms with Crippen LogP contribution in [0.5, 0.6) is 0 Å². The van der Waals surface area contributed by atoms with Gasteiger partial charge in [-0.15, -0.1) is 0 Å². The van der Waals surface area contributed by atoms with Crippen LogP contribution in [0.4, 0.5) is 0 Å². The first-order valence-corrected chi connectivity index (χ1v) is 32.1. The maximum atomic E-state index is 12.5. The van der Waals surface area contributed by atoms with Crippen LogP contribution >= 0.6 is 0 Å². The summed E-state index contributed by atoms with van der Waals surface area (Å²) in [5.74, 6) is -0.0664. The van der Waals surface area contributed by atoms with Gasteiger partial charge in [0, 0.05) is 12.8 Å². The van der Waals surface area contributed by atoms with Gasteiger partial charge in [0.1, 0.15) is 0 Å². The van der Waals surface area contributed by atoms with E-state index >= 15 is 0 Å². The summed E-state index contributed by atoms with van der Waals surface area (Å²) in [6.07, 6.45) is 75.1. The minimum absolute atomic E-state index is 0.00677. The summed E-state index contributed by atoms with van der Waals surface area (Å²) >= 11 is 0. The fraction of sp³-hybridized carbons (Fsp3) is 0.908. The number of aliphatic hydroxyl groups is 2. The first-order valence-electron chi connectivity index (χ1n) is 32.1. The van der Waals surface area contributed by atoms with Gasteiger partial charge in [-0.1, -0.05) is 308 Å². The van der Waals surface area contributed by atoms with E-state index in [0.29, 0.717) is 19.4 Å². The number of carbonyl (C=O) groups is 2. The summed E-state index contributed by atoms with van der Waals surface area (Å²) < 4.78 is 5.47. The van der Waals surface area contributed by atoms with Crippen molar-refractivity contribution in [3.05, 3.63) is 24.3 Å². The minimum atomic E-state index is -0.851. The van der Waals surface area contributed by atoms with Crippen LogP contribution in [0.1, 0.15) is 354 Å². The molecule has 0 aromatic rings. The molecule has 0 heterocycles. The van der Waals surface area contributed by atoms with Gasteiger partial charge in [0.2, 0.25) is 5.91 Å². The van der Waals surface area contributed by atoms with E-state index < -0.39 is 12.1 Å². The fourth-order valence-electron chi connectivity index (χ4n) is 10.0. The van der Waals surface area contributed by atoms with Crippen molar-refractivity contribution in [3.8, 4) is 0 Å². The summed E-state index contributed by atoms with van der Waals surface area (Å²) in [6.45, 7) is 4.92. The number of ether oxygens (including phenoxy) is 1. The van der Waals surface area contributed by atoms with Crippen molar-refractivity contribution in [2.45, 2.75) is 366 Å². The molecule has 2 atom stereocenters. The molecule has 3 N–H and O–H groups in total. The van der Waals surface area contributed by atoms with Crippen molar-refractivity contribution >= 4 is 11.9 Å². The lowest BCUT2D eigenvalue weighted by Crippen LogP contribution is -2.45. The molecule has 0 saturated heterocycles. The highest BCUT2D eigenvalue weighted by molar-refractivity contribution is 5.76. The molecule has 0 spiro atoms.